The first kappa shape index (κ1) is 16.6. The predicted molar refractivity (Wildman–Crippen MR) is 92.7 cm³/mol. The molecule has 2 N–H and O–H groups in total. The van der Waals surface area contributed by atoms with E-state index in [1.54, 1.807) is 4.57 Å². The number of nitrogens with one attached hydrogen (secondary N) is 1. The van der Waals surface area contributed by atoms with Crippen LogP contribution in [0.1, 0.15) is 10.4 Å². The summed E-state index contributed by atoms with van der Waals surface area (Å²) in [5.41, 5.74) is 1.85. The minimum atomic E-state index is -0.505. The summed E-state index contributed by atoms with van der Waals surface area (Å²) in [7, 11) is 0. The number of non-ortho nitro benzene ring substituents is 1. The number of carbonyl (C=O) groups excluding carboxylic acids is 1. The molecule has 1 aromatic heterocycles. The number of hydrogen-bond donors (Lipinski definition) is 2. The molecule has 0 fully saturated rings. The Morgan fingerprint density at radius 2 is 1.92 bits per heavy atom. The Labute approximate surface area is 142 Å². The molecule has 0 aliphatic carbocycles. The van der Waals surface area contributed by atoms with Crippen molar-refractivity contribution in [2.45, 2.75) is 6.54 Å². The number of nitro groups is 1. The van der Waals surface area contributed by atoms with Crippen molar-refractivity contribution in [3.63, 3.8) is 0 Å². The Morgan fingerprint density at radius 3 is 2.60 bits per heavy atom. The van der Waals surface area contributed by atoms with Crippen LogP contribution >= 0.6 is 0 Å². The lowest BCUT2D eigenvalue weighted by Gasteiger charge is -2.09. The Kier molecular flexibility index (Phi) is 4.71. The van der Waals surface area contributed by atoms with Crippen molar-refractivity contribution < 1.29 is 14.8 Å². The van der Waals surface area contributed by atoms with Crippen LogP contribution in [0.25, 0.3) is 11.0 Å². The zero-order valence-electron chi connectivity index (χ0n) is 13.3. The summed E-state index contributed by atoms with van der Waals surface area (Å²) in [5.74, 6) is 0.301. The highest BCUT2D eigenvalue weighted by Gasteiger charge is 2.15. The zero-order valence-corrected chi connectivity index (χ0v) is 13.3. The molecule has 0 amide bonds. The van der Waals surface area contributed by atoms with Gasteiger partial charge in [0.05, 0.1) is 29.1 Å². The Balaban J connectivity index is 1.90. The standard InChI is InChI=1S/C17H16N4O4/c22-10-9-18-17-19-14-3-1-2-4-15(14)20(17)11-16(23)12-5-7-13(8-6-12)21(24)25/h1-8,22H,9-11H2,(H,18,19). The predicted octanol–water partition coefficient (Wildman–Crippen LogP) is 2.23. The third-order valence-corrected chi connectivity index (χ3v) is 3.75. The number of aromatic nitrogens is 2. The minimum absolute atomic E-state index is 0.0338. The normalized spacial score (nSPS) is 10.8. The van der Waals surface area contributed by atoms with Gasteiger partial charge in [-0.15, -0.1) is 0 Å². The van der Waals surface area contributed by atoms with Gasteiger partial charge >= 0.3 is 0 Å². The molecule has 8 heteroatoms. The quantitative estimate of drug-likeness (QED) is 0.388. The maximum absolute atomic E-state index is 12.6. The number of anilines is 1. The summed E-state index contributed by atoms with van der Waals surface area (Å²) < 4.78 is 1.73. The van der Waals surface area contributed by atoms with E-state index in [9.17, 15) is 14.9 Å². The van der Waals surface area contributed by atoms with Gasteiger partial charge in [-0.1, -0.05) is 12.1 Å². The SMILES string of the molecule is O=C(Cn1c(NCCO)nc2ccccc21)c1ccc([N+](=O)[O-])cc1. The number of para-hydroxylation sites is 2. The fraction of sp³-hybridized carbons (Fsp3) is 0.176. The molecule has 8 nitrogen and oxygen atoms in total. The lowest BCUT2D eigenvalue weighted by molar-refractivity contribution is -0.384. The van der Waals surface area contributed by atoms with E-state index in [0.29, 0.717) is 18.1 Å². The second-order valence-corrected chi connectivity index (χ2v) is 5.39. The second kappa shape index (κ2) is 7.10. The molecule has 0 aliphatic rings. The number of Topliss-reactive ketones (excluding diaryl/α,β-unsaturated/α-hetero) is 1. The summed E-state index contributed by atoms with van der Waals surface area (Å²) >= 11 is 0. The van der Waals surface area contributed by atoms with Crippen LogP contribution < -0.4 is 5.32 Å². The maximum Gasteiger partial charge on any atom is 0.269 e. The van der Waals surface area contributed by atoms with E-state index < -0.39 is 4.92 Å². The van der Waals surface area contributed by atoms with Crippen molar-refractivity contribution in [1.29, 1.82) is 0 Å². The van der Waals surface area contributed by atoms with E-state index in [0.717, 1.165) is 11.0 Å². The highest BCUT2D eigenvalue weighted by atomic mass is 16.6. The van der Waals surface area contributed by atoms with E-state index in [-0.39, 0.29) is 24.6 Å². The van der Waals surface area contributed by atoms with Crippen molar-refractivity contribution in [2.24, 2.45) is 0 Å². The van der Waals surface area contributed by atoms with Gasteiger partial charge in [0.15, 0.2) is 5.78 Å². The number of aliphatic hydroxyl groups is 1. The molecule has 0 bridgehead atoms. The Bertz CT molecular complexity index is 918. The maximum atomic E-state index is 12.6. The molecule has 0 saturated heterocycles. The molecule has 0 radical (unpaired) electrons. The number of fused-ring (bicyclic) bond motifs is 1. The highest BCUT2D eigenvalue weighted by Crippen LogP contribution is 2.21. The molecular weight excluding hydrogens is 324 g/mol. The first-order valence-electron chi connectivity index (χ1n) is 7.68. The molecule has 1 heterocycles. The van der Waals surface area contributed by atoms with Gasteiger partial charge in [0.1, 0.15) is 0 Å². The summed E-state index contributed by atoms with van der Waals surface area (Å²) in [4.78, 5) is 27.2. The van der Waals surface area contributed by atoms with Crippen molar-refractivity contribution in [3.05, 3.63) is 64.2 Å². The topological polar surface area (TPSA) is 110 Å². The average molecular weight is 340 g/mol. The van der Waals surface area contributed by atoms with Crippen LogP contribution in [0, 0.1) is 10.1 Å². The molecule has 3 aromatic rings. The van der Waals surface area contributed by atoms with Gasteiger partial charge in [0, 0.05) is 24.2 Å². The number of hydrogen-bond acceptors (Lipinski definition) is 6. The van der Waals surface area contributed by atoms with Crippen LogP contribution in [0.2, 0.25) is 0 Å². The molecule has 0 atom stereocenters. The summed E-state index contributed by atoms with van der Waals surface area (Å²) in [6.07, 6.45) is 0. The van der Waals surface area contributed by atoms with Gasteiger partial charge < -0.3 is 15.0 Å². The minimum Gasteiger partial charge on any atom is -0.395 e. The van der Waals surface area contributed by atoms with Crippen LogP contribution in [0.15, 0.2) is 48.5 Å². The number of imidazole rings is 1. The van der Waals surface area contributed by atoms with E-state index in [1.807, 2.05) is 24.3 Å². The highest BCUT2D eigenvalue weighted by molar-refractivity contribution is 5.97. The summed E-state index contributed by atoms with van der Waals surface area (Å²) in [6, 6.07) is 12.9. The van der Waals surface area contributed by atoms with Gasteiger partial charge in [0.25, 0.3) is 5.69 Å². The third kappa shape index (κ3) is 3.48. The summed E-state index contributed by atoms with van der Waals surface area (Å²) in [6.45, 7) is 0.292. The van der Waals surface area contributed by atoms with E-state index >= 15 is 0 Å². The lowest BCUT2D eigenvalue weighted by atomic mass is 10.1. The molecule has 128 valence electrons. The molecule has 0 aliphatic heterocycles. The van der Waals surface area contributed by atoms with Gasteiger partial charge in [-0.3, -0.25) is 14.9 Å². The number of nitrogens with zero attached hydrogens (tertiary/aromatic N) is 3. The van der Waals surface area contributed by atoms with Crippen LogP contribution in [0.5, 0.6) is 0 Å². The molecule has 2 aromatic carbocycles. The number of ketones is 1. The largest absolute Gasteiger partial charge is 0.395 e. The van der Waals surface area contributed by atoms with Crippen LogP contribution in [0.3, 0.4) is 0 Å². The van der Waals surface area contributed by atoms with Gasteiger partial charge in [-0.05, 0) is 24.3 Å². The Morgan fingerprint density at radius 1 is 1.20 bits per heavy atom. The van der Waals surface area contributed by atoms with Crippen LogP contribution in [0.4, 0.5) is 11.6 Å². The molecular formula is C17H16N4O4. The molecule has 3 rings (SSSR count). The monoisotopic (exact) mass is 340 g/mol. The molecule has 0 saturated carbocycles. The smallest absolute Gasteiger partial charge is 0.269 e. The van der Waals surface area contributed by atoms with Crippen molar-refractivity contribution >= 4 is 28.5 Å². The van der Waals surface area contributed by atoms with E-state index in [1.165, 1.54) is 24.3 Å². The second-order valence-electron chi connectivity index (χ2n) is 5.39. The van der Waals surface area contributed by atoms with Crippen molar-refractivity contribution in [3.8, 4) is 0 Å². The van der Waals surface area contributed by atoms with Crippen LogP contribution in [-0.2, 0) is 6.54 Å². The fourth-order valence-electron chi connectivity index (χ4n) is 2.54. The number of aliphatic hydroxyl groups excluding tert-OH is 1. The molecule has 25 heavy (non-hydrogen) atoms. The molecule has 0 unspecified atom stereocenters. The van der Waals surface area contributed by atoms with Crippen LogP contribution in [-0.4, -0.2) is 38.5 Å². The fourth-order valence-corrected chi connectivity index (χ4v) is 2.54. The van der Waals surface area contributed by atoms with E-state index in [4.69, 9.17) is 5.11 Å². The van der Waals surface area contributed by atoms with Gasteiger partial charge in [-0.25, -0.2) is 4.98 Å². The third-order valence-electron chi connectivity index (χ3n) is 3.75. The van der Waals surface area contributed by atoms with Gasteiger partial charge in [-0.2, -0.15) is 0 Å². The average Bonchev–Trinajstić information content (AvgIpc) is 2.97. The Hall–Kier alpha value is -3.26. The van der Waals surface area contributed by atoms with Gasteiger partial charge in [0.2, 0.25) is 5.95 Å². The summed E-state index contributed by atoms with van der Waals surface area (Å²) in [5, 5.41) is 22.7. The first-order chi connectivity index (χ1) is 12.1. The van der Waals surface area contributed by atoms with E-state index in [2.05, 4.69) is 10.3 Å². The number of carbonyl (C=O) groups is 1. The number of nitro benzene ring substituents is 1. The number of benzene rings is 2. The lowest BCUT2D eigenvalue weighted by Crippen LogP contribution is -2.15. The molecule has 0 spiro atoms. The zero-order chi connectivity index (χ0) is 17.8. The first-order valence-corrected chi connectivity index (χ1v) is 7.68. The van der Waals surface area contributed by atoms with Crippen molar-refractivity contribution in [1.82, 2.24) is 9.55 Å². The number of rotatable bonds is 7. The van der Waals surface area contributed by atoms with Crippen molar-refractivity contribution in [2.75, 3.05) is 18.5 Å².